The van der Waals surface area contributed by atoms with Crippen molar-refractivity contribution in [1.82, 2.24) is 19.9 Å². The molecule has 1 atom stereocenters. The summed E-state index contributed by atoms with van der Waals surface area (Å²) in [6, 6.07) is 0.457. The molecule has 0 radical (unpaired) electrons. The van der Waals surface area contributed by atoms with Gasteiger partial charge in [-0.3, -0.25) is 0 Å². The van der Waals surface area contributed by atoms with Gasteiger partial charge < -0.3 is 9.88 Å². The lowest BCUT2D eigenvalue weighted by Gasteiger charge is -2.04. The first-order valence-electron chi connectivity index (χ1n) is 5.50. The molecular weight excluding hydrogens is 220 g/mol. The highest BCUT2D eigenvalue weighted by Crippen LogP contribution is 2.29. The number of aryl methyl sites for hydroxylation is 1. The fraction of sp³-hybridized carbons (Fsp3) is 0.455. The Bertz CT molecular complexity index is 482. The molecule has 3 rings (SSSR count). The molecule has 16 heavy (non-hydrogen) atoms. The monoisotopic (exact) mass is 234 g/mol. The topological polar surface area (TPSA) is 42.7 Å². The largest absolute Gasteiger partial charge is 0.332 e. The minimum absolute atomic E-state index is 0.457. The van der Waals surface area contributed by atoms with Gasteiger partial charge in [-0.2, -0.15) is 0 Å². The van der Waals surface area contributed by atoms with Crippen LogP contribution in [0.3, 0.4) is 0 Å². The van der Waals surface area contributed by atoms with E-state index in [-0.39, 0.29) is 0 Å². The minimum Gasteiger partial charge on any atom is -0.332 e. The average molecular weight is 234 g/mol. The Morgan fingerprint density at radius 2 is 2.50 bits per heavy atom. The molecule has 0 spiro atoms. The van der Waals surface area contributed by atoms with Crippen molar-refractivity contribution in [1.29, 1.82) is 0 Å². The number of thiazole rings is 1. The number of hydrogen-bond donors (Lipinski definition) is 1. The van der Waals surface area contributed by atoms with E-state index in [4.69, 9.17) is 4.98 Å². The molecule has 0 aromatic carbocycles. The highest BCUT2D eigenvalue weighted by Gasteiger charge is 2.19. The standard InChI is InChI=1S/C11H14N4S/c1-15-7-12-5-10(15)11-14-9(6-16-11)8-3-2-4-13-8/h5-8,13H,2-4H2,1H3/t8-/m0/s1. The van der Waals surface area contributed by atoms with Crippen LogP contribution in [0.15, 0.2) is 17.9 Å². The molecule has 1 fully saturated rings. The van der Waals surface area contributed by atoms with Crippen molar-refractivity contribution >= 4 is 11.3 Å². The summed E-state index contributed by atoms with van der Waals surface area (Å²) in [6.07, 6.45) is 6.13. The highest BCUT2D eigenvalue weighted by molar-refractivity contribution is 7.13. The zero-order valence-corrected chi connectivity index (χ0v) is 10.00. The zero-order chi connectivity index (χ0) is 11.0. The van der Waals surface area contributed by atoms with Gasteiger partial charge in [0.25, 0.3) is 0 Å². The van der Waals surface area contributed by atoms with Gasteiger partial charge in [0.2, 0.25) is 0 Å². The summed E-state index contributed by atoms with van der Waals surface area (Å²) in [7, 11) is 2.00. The van der Waals surface area contributed by atoms with Crippen molar-refractivity contribution in [3.05, 3.63) is 23.6 Å². The molecular formula is C11H14N4S. The van der Waals surface area contributed by atoms with Crippen LogP contribution in [0.5, 0.6) is 0 Å². The SMILES string of the molecule is Cn1cncc1-c1nc([C@@H]2CCCN2)cs1. The van der Waals surface area contributed by atoms with Crippen molar-refractivity contribution in [3.63, 3.8) is 0 Å². The van der Waals surface area contributed by atoms with Crippen LogP contribution in [0.1, 0.15) is 24.6 Å². The maximum Gasteiger partial charge on any atom is 0.141 e. The quantitative estimate of drug-likeness (QED) is 0.864. The summed E-state index contributed by atoms with van der Waals surface area (Å²) in [5, 5.41) is 6.68. The molecule has 4 nitrogen and oxygen atoms in total. The lowest BCUT2D eigenvalue weighted by molar-refractivity contribution is 0.632. The molecule has 5 heteroatoms. The summed E-state index contributed by atoms with van der Waals surface area (Å²) in [4.78, 5) is 8.81. The van der Waals surface area contributed by atoms with Crippen molar-refractivity contribution in [2.45, 2.75) is 18.9 Å². The second-order valence-electron chi connectivity index (χ2n) is 4.12. The Kier molecular flexibility index (Phi) is 2.49. The fourth-order valence-electron chi connectivity index (χ4n) is 2.06. The Balaban J connectivity index is 1.90. The fourth-order valence-corrected chi connectivity index (χ4v) is 2.99. The van der Waals surface area contributed by atoms with Crippen LogP contribution in [0.25, 0.3) is 10.7 Å². The summed E-state index contributed by atoms with van der Waals surface area (Å²) in [5.41, 5.74) is 2.27. The molecule has 84 valence electrons. The minimum atomic E-state index is 0.457. The molecule has 0 saturated carbocycles. The summed E-state index contributed by atoms with van der Waals surface area (Å²) >= 11 is 1.70. The number of hydrogen-bond acceptors (Lipinski definition) is 4. The molecule has 1 aliphatic heterocycles. The predicted molar refractivity (Wildman–Crippen MR) is 64.3 cm³/mol. The molecule has 0 amide bonds. The highest BCUT2D eigenvalue weighted by atomic mass is 32.1. The van der Waals surface area contributed by atoms with Crippen molar-refractivity contribution in [2.24, 2.45) is 7.05 Å². The molecule has 3 heterocycles. The molecule has 0 bridgehead atoms. The van der Waals surface area contributed by atoms with Gasteiger partial charge in [0.05, 0.1) is 30.0 Å². The van der Waals surface area contributed by atoms with Gasteiger partial charge in [0.15, 0.2) is 0 Å². The van der Waals surface area contributed by atoms with E-state index in [1.54, 1.807) is 11.3 Å². The lowest BCUT2D eigenvalue weighted by atomic mass is 10.2. The van der Waals surface area contributed by atoms with Crippen LogP contribution in [-0.2, 0) is 7.05 Å². The van der Waals surface area contributed by atoms with Crippen LogP contribution in [0.2, 0.25) is 0 Å². The van der Waals surface area contributed by atoms with Crippen LogP contribution in [0, 0.1) is 0 Å². The van der Waals surface area contributed by atoms with Gasteiger partial charge in [-0.05, 0) is 19.4 Å². The third-order valence-electron chi connectivity index (χ3n) is 2.98. The first kappa shape index (κ1) is 9.99. The number of nitrogens with zero attached hydrogens (tertiary/aromatic N) is 3. The molecule has 2 aromatic rings. The van der Waals surface area contributed by atoms with Gasteiger partial charge in [0, 0.05) is 12.4 Å². The number of imidazole rings is 1. The van der Waals surface area contributed by atoms with E-state index in [0.29, 0.717) is 6.04 Å². The van der Waals surface area contributed by atoms with E-state index in [2.05, 4.69) is 15.7 Å². The third-order valence-corrected chi connectivity index (χ3v) is 3.86. The Labute approximate surface area is 98.4 Å². The van der Waals surface area contributed by atoms with Gasteiger partial charge in [-0.15, -0.1) is 11.3 Å². The number of rotatable bonds is 2. The Hall–Kier alpha value is -1.20. The summed E-state index contributed by atoms with van der Waals surface area (Å²) < 4.78 is 2.00. The third kappa shape index (κ3) is 1.66. The van der Waals surface area contributed by atoms with Crippen LogP contribution in [-0.4, -0.2) is 21.1 Å². The van der Waals surface area contributed by atoms with Gasteiger partial charge >= 0.3 is 0 Å². The normalized spacial score (nSPS) is 20.4. The average Bonchev–Trinajstić information content (AvgIpc) is 2.96. The van der Waals surface area contributed by atoms with E-state index in [1.807, 2.05) is 24.1 Å². The maximum absolute atomic E-state index is 4.69. The molecule has 1 saturated heterocycles. The first-order chi connectivity index (χ1) is 7.84. The Morgan fingerprint density at radius 3 is 3.19 bits per heavy atom. The van der Waals surface area contributed by atoms with E-state index in [1.165, 1.54) is 18.5 Å². The second-order valence-corrected chi connectivity index (χ2v) is 4.97. The second kappa shape index (κ2) is 3.99. The van der Waals surface area contributed by atoms with E-state index in [0.717, 1.165) is 17.2 Å². The molecule has 1 N–H and O–H groups in total. The van der Waals surface area contributed by atoms with Crippen molar-refractivity contribution in [3.8, 4) is 10.7 Å². The van der Waals surface area contributed by atoms with E-state index in [9.17, 15) is 0 Å². The smallest absolute Gasteiger partial charge is 0.141 e. The molecule has 0 aliphatic carbocycles. The lowest BCUT2D eigenvalue weighted by Crippen LogP contribution is -2.12. The molecule has 0 unspecified atom stereocenters. The maximum atomic E-state index is 4.69. The van der Waals surface area contributed by atoms with Crippen molar-refractivity contribution < 1.29 is 0 Å². The number of nitrogens with one attached hydrogen (secondary N) is 1. The Morgan fingerprint density at radius 1 is 1.56 bits per heavy atom. The van der Waals surface area contributed by atoms with E-state index >= 15 is 0 Å². The van der Waals surface area contributed by atoms with Crippen LogP contribution in [0.4, 0.5) is 0 Å². The van der Waals surface area contributed by atoms with Crippen molar-refractivity contribution in [2.75, 3.05) is 6.54 Å². The summed E-state index contributed by atoms with van der Waals surface area (Å²) in [5.74, 6) is 0. The van der Waals surface area contributed by atoms with E-state index < -0.39 is 0 Å². The predicted octanol–water partition coefficient (Wildman–Crippen LogP) is 1.97. The van der Waals surface area contributed by atoms with Gasteiger partial charge in [0.1, 0.15) is 5.01 Å². The first-order valence-corrected chi connectivity index (χ1v) is 6.38. The van der Waals surface area contributed by atoms with Crippen LogP contribution < -0.4 is 5.32 Å². The molecule has 2 aromatic heterocycles. The van der Waals surface area contributed by atoms with Gasteiger partial charge in [-0.25, -0.2) is 9.97 Å². The van der Waals surface area contributed by atoms with Crippen LogP contribution >= 0.6 is 11.3 Å². The van der Waals surface area contributed by atoms with Gasteiger partial charge in [-0.1, -0.05) is 0 Å². The zero-order valence-electron chi connectivity index (χ0n) is 9.18. The number of aromatic nitrogens is 3. The molecule has 1 aliphatic rings. The summed E-state index contributed by atoms with van der Waals surface area (Å²) in [6.45, 7) is 1.11.